The number of nitrogens with zero attached hydrogens (tertiary/aromatic N) is 3. The molecule has 0 spiro atoms. The molecule has 2 aliphatic heterocycles. The third-order valence-electron chi connectivity index (χ3n) is 5.54. The van der Waals surface area contributed by atoms with Crippen molar-refractivity contribution in [1.29, 1.82) is 0 Å². The van der Waals surface area contributed by atoms with Crippen LogP contribution >= 0.6 is 0 Å². The van der Waals surface area contributed by atoms with Crippen LogP contribution in [0.15, 0.2) is 47.5 Å². The molecule has 10 heteroatoms. The number of rotatable bonds is 10. The van der Waals surface area contributed by atoms with Crippen LogP contribution in [-0.2, 0) is 27.5 Å². The van der Waals surface area contributed by atoms with Gasteiger partial charge in [-0.3, -0.25) is 19.7 Å². The predicted molar refractivity (Wildman–Crippen MR) is 123 cm³/mol. The van der Waals surface area contributed by atoms with Crippen molar-refractivity contribution < 1.29 is 29.0 Å². The molecule has 0 radical (unpaired) electrons. The average molecular weight is 466 g/mol. The molecule has 4 rings (SSSR count). The van der Waals surface area contributed by atoms with E-state index in [4.69, 9.17) is 9.47 Å². The molecule has 2 aromatic rings. The lowest BCUT2D eigenvalue weighted by Crippen LogP contribution is -2.35. The maximum absolute atomic E-state index is 12.7. The first kappa shape index (κ1) is 23.1. The number of amides is 2. The molecule has 0 aromatic heterocycles. The average Bonchev–Trinajstić information content (AvgIpc) is 3.18. The number of ether oxygens (including phenoxy) is 2. The van der Waals surface area contributed by atoms with E-state index in [9.17, 15) is 19.5 Å². The summed E-state index contributed by atoms with van der Waals surface area (Å²) in [6.07, 6.45) is 0.602. The number of guanidine groups is 1. The van der Waals surface area contributed by atoms with Gasteiger partial charge in [0.15, 0.2) is 0 Å². The Kier molecular flexibility index (Phi) is 6.95. The number of hydrogen-bond donors (Lipinski definition) is 2. The summed E-state index contributed by atoms with van der Waals surface area (Å²) in [5, 5.41) is 11.9. The molecule has 2 heterocycles. The fraction of sp³-hybridized carbons (Fsp3) is 0.333. The molecule has 0 unspecified atom stereocenters. The Morgan fingerprint density at radius 1 is 1.15 bits per heavy atom. The standard InChI is InChI=1S/C24H26N4O6/c1-33-18-7-4-16(5-8-18)12-27(15-23(31)32)22(30)3-2-10-34-19-9-6-17-13-28-14-21(29)26-24(28)25-20(17)11-19/h4-9,11H,2-3,10,12-15H2,1H3,(H,31,32)(H,25,26,29). The van der Waals surface area contributed by atoms with Crippen molar-refractivity contribution in [2.24, 2.45) is 4.99 Å². The van der Waals surface area contributed by atoms with Crippen LogP contribution in [0.5, 0.6) is 11.5 Å². The Labute approximate surface area is 196 Å². The number of benzene rings is 2. The van der Waals surface area contributed by atoms with Gasteiger partial charge in [-0.05, 0) is 35.7 Å². The number of carboxylic acid groups (broad SMARTS) is 1. The molecule has 10 nitrogen and oxygen atoms in total. The second-order valence-electron chi connectivity index (χ2n) is 8.07. The van der Waals surface area contributed by atoms with Gasteiger partial charge < -0.3 is 24.4 Å². The van der Waals surface area contributed by atoms with Crippen LogP contribution in [0.4, 0.5) is 5.69 Å². The Morgan fingerprint density at radius 2 is 1.91 bits per heavy atom. The lowest BCUT2D eigenvalue weighted by atomic mass is 10.1. The van der Waals surface area contributed by atoms with E-state index in [2.05, 4.69) is 10.3 Å². The van der Waals surface area contributed by atoms with Gasteiger partial charge in [-0.15, -0.1) is 0 Å². The van der Waals surface area contributed by atoms with Crippen LogP contribution in [0, 0.1) is 0 Å². The van der Waals surface area contributed by atoms with Gasteiger partial charge in [-0.25, -0.2) is 4.99 Å². The fourth-order valence-corrected chi connectivity index (χ4v) is 3.83. The zero-order valence-corrected chi connectivity index (χ0v) is 18.8. The zero-order valence-electron chi connectivity index (χ0n) is 18.8. The predicted octanol–water partition coefficient (Wildman–Crippen LogP) is 1.90. The van der Waals surface area contributed by atoms with Crippen molar-refractivity contribution in [3.63, 3.8) is 0 Å². The molecule has 0 aliphatic carbocycles. The molecule has 2 amide bonds. The minimum atomic E-state index is -1.06. The van der Waals surface area contributed by atoms with Crippen molar-refractivity contribution in [2.75, 3.05) is 26.8 Å². The summed E-state index contributed by atoms with van der Waals surface area (Å²) >= 11 is 0. The highest BCUT2D eigenvalue weighted by Crippen LogP contribution is 2.30. The molecular formula is C24H26N4O6. The van der Waals surface area contributed by atoms with Gasteiger partial charge in [-0.1, -0.05) is 18.2 Å². The number of methoxy groups -OCH3 is 1. The van der Waals surface area contributed by atoms with E-state index in [0.717, 1.165) is 16.8 Å². The van der Waals surface area contributed by atoms with E-state index in [1.807, 2.05) is 23.1 Å². The Bertz CT molecular complexity index is 1110. The highest BCUT2D eigenvalue weighted by atomic mass is 16.5. The number of carboxylic acids is 1. The molecule has 2 aliphatic rings. The molecule has 0 bridgehead atoms. The van der Waals surface area contributed by atoms with Crippen LogP contribution in [0.25, 0.3) is 0 Å². The van der Waals surface area contributed by atoms with Crippen molar-refractivity contribution in [1.82, 2.24) is 15.1 Å². The zero-order chi connectivity index (χ0) is 24.1. The van der Waals surface area contributed by atoms with Crippen LogP contribution in [-0.4, -0.2) is 65.5 Å². The highest BCUT2D eigenvalue weighted by molar-refractivity contribution is 6.05. The first-order chi connectivity index (χ1) is 16.4. The number of aliphatic imine (C=N–C) groups is 1. The van der Waals surface area contributed by atoms with E-state index >= 15 is 0 Å². The SMILES string of the molecule is COc1ccc(CN(CC(=O)O)C(=O)CCCOc2ccc3c(c2)N=C2NC(=O)CN2C3)cc1. The summed E-state index contributed by atoms with van der Waals surface area (Å²) < 4.78 is 10.9. The summed E-state index contributed by atoms with van der Waals surface area (Å²) in [5.74, 6) is 0.471. The lowest BCUT2D eigenvalue weighted by Gasteiger charge is -2.23. The first-order valence-electron chi connectivity index (χ1n) is 10.9. The van der Waals surface area contributed by atoms with Crippen LogP contribution < -0.4 is 14.8 Å². The number of fused-ring (bicyclic) bond motifs is 2. The van der Waals surface area contributed by atoms with E-state index < -0.39 is 5.97 Å². The highest BCUT2D eigenvalue weighted by Gasteiger charge is 2.29. The topological polar surface area (TPSA) is 121 Å². The summed E-state index contributed by atoms with van der Waals surface area (Å²) in [6.45, 7) is 1.05. The van der Waals surface area contributed by atoms with Gasteiger partial charge in [0.05, 0.1) is 19.4 Å². The fourth-order valence-electron chi connectivity index (χ4n) is 3.83. The van der Waals surface area contributed by atoms with Gasteiger partial charge in [-0.2, -0.15) is 0 Å². The summed E-state index contributed by atoms with van der Waals surface area (Å²) in [7, 11) is 1.57. The maximum atomic E-state index is 12.7. The minimum absolute atomic E-state index is 0.0726. The molecular weight excluding hydrogens is 440 g/mol. The van der Waals surface area contributed by atoms with Crippen LogP contribution in [0.2, 0.25) is 0 Å². The minimum Gasteiger partial charge on any atom is -0.497 e. The maximum Gasteiger partial charge on any atom is 0.323 e. The third-order valence-corrected chi connectivity index (χ3v) is 5.54. The molecule has 2 aromatic carbocycles. The number of nitrogens with one attached hydrogen (secondary N) is 1. The summed E-state index contributed by atoms with van der Waals surface area (Å²) in [6, 6.07) is 12.7. The van der Waals surface area contributed by atoms with E-state index in [1.54, 1.807) is 31.4 Å². The smallest absolute Gasteiger partial charge is 0.323 e. The van der Waals surface area contributed by atoms with E-state index in [0.29, 0.717) is 43.6 Å². The third kappa shape index (κ3) is 5.64. The lowest BCUT2D eigenvalue weighted by molar-refractivity contribution is -0.145. The van der Waals surface area contributed by atoms with Gasteiger partial charge in [0, 0.05) is 25.6 Å². The van der Waals surface area contributed by atoms with Crippen LogP contribution in [0.3, 0.4) is 0 Å². The monoisotopic (exact) mass is 466 g/mol. The van der Waals surface area contributed by atoms with E-state index in [-0.39, 0.29) is 31.3 Å². The van der Waals surface area contributed by atoms with E-state index in [1.165, 1.54) is 4.90 Å². The molecule has 34 heavy (non-hydrogen) atoms. The van der Waals surface area contributed by atoms with Gasteiger partial charge in [0.25, 0.3) is 0 Å². The summed E-state index contributed by atoms with van der Waals surface area (Å²) in [4.78, 5) is 43.2. The quantitative estimate of drug-likeness (QED) is 0.513. The molecule has 0 atom stereocenters. The van der Waals surface area contributed by atoms with Crippen LogP contribution in [0.1, 0.15) is 24.0 Å². The Morgan fingerprint density at radius 3 is 2.65 bits per heavy atom. The van der Waals surface area contributed by atoms with Gasteiger partial charge in [0.1, 0.15) is 24.6 Å². The van der Waals surface area contributed by atoms with Crippen molar-refractivity contribution in [3.05, 3.63) is 53.6 Å². The number of aliphatic carboxylic acids is 1. The second kappa shape index (κ2) is 10.2. The van der Waals surface area contributed by atoms with Crippen molar-refractivity contribution in [3.8, 4) is 11.5 Å². The summed E-state index contributed by atoms with van der Waals surface area (Å²) in [5.41, 5.74) is 2.57. The Hall–Kier alpha value is -4.08. The number of hydrogen-bond acceptors (Lipinski definition) is 7. The molecule has 2 N–H and O–H groups in total. The van der Waals surface area contributed by atoms with Gasteiger partial charge >= 0.3 is 5.97 Å². The molecule has 178 valence electrons. The molecule has 1 fully saturated rings. The number of carbonyl (C=O) groups is 3. The molecule has 1 saturated heterocycles. The van der Waals surface area contributed by atoms with Gasteiger partial charge in [0.2, 0.25) is 17.8 Å². The molecule has 0 saturated carbocycles. The largest absolute Gasteiger partial charge is 0.497 e. The number of carbonyl (C=O) groups excluding carboxylic acids is 2. The van der Waals surface area contributed by atoms with Crippen molar-refractivity contribution in [2.45, 2.75) is 25.9 Å². The normalized spacial score (nSPS) is 14.0. The first-order valence-corrected chi connectivity index (χ1v) is 10.9. The van der Waals surface area contributed by atoms with Crippen molar-refractivity contribution >= 4 is 29.4 Å². The second-order valence-corrected chi connectivity index (χ2v) is 8.07. The Balaban J connectivity index is 1.29.